The number of benzene rings is 3. The Bertz CT molecular complexity index is 1190. The minimum atomic E-state index is -0.122. The first kappa shape index (κ1) is 15.5. The van der Waals surface area contributed by atoms with Gasteiger partial charge in [0.05, 0.1) is 16.9 Å². The third kappa shape index (κ3) is 2.50. The Labute approximate surface area is 156 Å². The molecule has 0 atom stereocenters. The number of aromatic nitrogens is 1. The van der Waals surface area contributed by atoms with Gasteiger partial charge in [0.25, 0.3) is 5.91 Å². The Balaban J connectivity index is 1.71. The van der Waals surface area contributed by atoms with E-state index in [0.717, 1.165) is 33.5 Å². The predicted octanol–water partition coefficient (Wildman–Crippen LogP) is 5.03. The second-order valence-corrected chi connectivity index (χ2v) is 6.30. The minimum Gasteiger partial charge on any atom is -0.275 e. The molecule has 0 radical (unpaired) electrons. The van der Waals surface area contributed by atoms with Crippen LogP contribution in [0.1, 0.15) is 5.56 Å². The molecule has 1 aliphatic heterocycles. The monoisotopic (exact) mass is 349 g/mol. The molecule has 4 heteroatoms. The zero-order valence-electron chi connectivity index (χ0n) is 14.4. The van der Waals surface area contributed by atoms with Gasteiger partial charge in [0, 0.05) is 22.8 Å². The van der Waals surface area contributed by atoms with Gasteiger partial charge in [0.2, 0.25) is 0 Å². The van der Waals surface area contributed by atoms with Crippen LogP contribution in [-0.4, -0.2) is 16.6 Å². The Kier molecular flexibility index (Phi) is 3.54. The smallest absolute Gasteiger partial charge is 0.275 e. The maximum absolute atomic E-state index is 13.3. The van der Waals surface area contributed by atoms with E-state index < -0.39 is 0 Å². The molecule has 0 bridgehead atoms. The summed E-state index contributed by atoms with van der Waals surface area (Å²) in [6.45, 7) is 0. The molecule has 2 heterocycles. The highest BCUT2D eigenvalue weighted by atomic mass is 16.2. The van der Waals surface area contributed by atoms with Crippen LogP contribution in [0.4, 0.5) is 17.1 Å². The Morgan fingerprint density at radius 2 is 1.59 bits per heavy atom. The van der Waals surface area contributed by atoms with Gasteiger partial charge in [0.15, 0.2) is 0 Å². The van der Waals surface area contributed by atoms with Crippen LogP contribution in [0.15, 0.2) is 96.1 Å². The van der Waals surface area contributed by atoms with Crippen molar-refractivity contribution in [2.24, 2.45) is 4.99 Å². The Morgan fingerprint density at radius 3 is 2.48 bits per heavy atom. The summed E-state index contributed by atoms with van der Waals surface area (Å²) in [5.41, 5.74) is 4.58. The third-order valence-corrected chi connectivity index (χ3v) is 4.68. The van der Waals surface area contributed by atoms with E-state index in [1.54, 1.807) is 11.1 Å². The van der Waals surface area contributed by atoms with E-state index >= 15 is 0 Å². The highest BCUT2D eigenvalue weighted by molar-refractivity contribution is 6.56. The lowest BCUT2D eigenvalue weighted by Gasteiger charge is -2.16. The van der Waals surface area contributed by atoms with Crippen molar-refractivity contribution in [1.29, 1.82) is 0 Å². The van der Waals surface area contributed by atoms with Crippen LogP contribution in [0.2, 0.25) is 0 Å². The molecule has 0 spiro atoms. The zero-order valence-corrected chi connectivity index (χ0v) is 14.4. The quantitative estimate of drug-likeness (QED) is 0.509. The molecule has 1 aromatic heterocycles. The second kappa shape index (κ2) is 6.18. The molecule has 1 amide bonds. The maximum atomic E-state index is 13.3. The van der Waals surface area contributed by atoms with E-state index in [1.165, 1.54) is 0 Å². The third-order valence-electron chi connectivity index (χ3n) is 4.68. The SMILES string of the molecule is O=C1/C(=N\c2cccc3ncccc23)c2ccccc2N1c1ccccc1. The minimum absolute atomic E-state index is 0.122. The number of aliphatic imine (C=N–C) groups is 1. The molecule has 0 unspecified atom stereocenters. The first-order chi connectivity index (χ1) is 13.3. The summed E-state index contributed by atoms with van der Waals surface area (Å²) in [5, 5.41) is 0.927. The maximum Gasteiger partial charge on any atom is 0.282 e. The number of hydrogen-bond donors (Lipinski definition) is 0. The van der Waals surface area contributed by atoms with Gasteiger partial charge < -0.3 is 0 Å². The summed E-state index contributed by atoms with van der Waals surface area (Å²) >= 11 is 0. The van der Waals surface area contributed by atoms with Gasteiger partial charge in [-0.25, -0.2) is 4.99 Å². The van der Waals surface area contributed by atoms with E-state index in [0.29, 0.717) is 5.71 Å². The Morgan fingerprint density at radius 1 is 0.778 bits per heavy atom. The van der Waals surface area contributed by atoms with Crippen LogP contribution in [0.25, 0.3) is 10.9 Å². The summed E-state index contributed by atoms with van der Waals surface area (Å²) in [6, 6.07) is 27.0. The molecule has 4 nitrogen and oxygen atoms in total. The van der Waals surface area contributed by atoms with E-state index in [4.69, 9.17) is 4.99 Å². The van der Waals surface area contributed by atoms with Gasteiger partial charge in [-0.2, -0.15) is 0 Å². The van der Waals surface area contributed by atoms with E-state index in [2.05, 4.69) is 4.98 Å². The molecular formula is C23H15N3O. The van der Waals surface area contributed by atoms with Crippen LogP contribution in [0, 0.1) is 0 Å². The molecule has 5 rings (SSSR count). The van der Waals surface area contributed by atoms with Crippen molar-refractivity contribution in [2.45, 2.75) is 0 Å². The van der Waals surface area contributed by atoms with Gasteiger partial charge in [-0.1, -0.05) is 42.5 Å². The lowest BCUT2D eigenvalue weighted by atomic mass is 10.1. The Hall–Kier alpha value is -3.79. The van der Waals surface area contributed by atoms with Crippen LogP contribution >= 0.6 is 0 Å². The predicted molar refractivity (Wildman–Crippen MR) is 108 cm³/mol. The van der Waals surface area contributed by atoms with Crippen LogP contribution in [-0.2, 0) is 4.79 Å². The summed E-state index contributed by atoms with van der Waals surface area (Å²) < 4.78 is 0. The number of carbonyl (C=O) groups is 1. The first-order valence-corrected chi connectivity index (χ1v) is 8.74. The number of amides is 1. The average molecular weight is 349 g/mol. The second-order valence-electron chi connectivity index (χ2n) is 6.30. The van der Waals surface area contributed by atoms with Crippen molar-refractivity contribution in [3.63, 3.8) is 0 Å². The molecule has 27 heavy (non-hydrogen) atoms. The fraction of sp³-hybridized carbons (Fsp3) is 0. The fourth-order valence-electron chi connectivity index (χ4n) is 3.45. The molecule has 0 fully saturated rings. The van der Waals surface area contributed by atoms with Crippen molar-refractivity contribution >= 4 is 39.6 Å². The van der Waals surface area contributed by atoms with Crippen LogP contribution < -0.4 is 4.90 Å². The molecule has 4 aromatic rings. The van der Waals surface area contributed by atoms with Gasteiger partial charge in [0.1, 0.15) is 5.71 Å². The van der Waals surface area contributed by atoms with Gasteiger partial charge >= 0.3 is 0 Å². The van der Waals surface area contributed by atoms with Crippen LogP contribution in [0.3, 0.4) is 0 Å². The van der Waals surface area contributed by atoms with E-state index in [-0.39, 0.29) is 5.91 Å². The number of hydrogen-bond acceptors (Lipinski definition) is 3. The molecule has 0 aliphatic carbocycles. The molecule has 0 saturated carbocycles. The highest BCUT2D eigenvalue weighted by Crippen LogP contribution is 2.37. The topological polar surface area (TPSA) is 45.6 Å². The molecular weight excluding hydrogens is 334 g/mol. The summed E-state index contributed by atoms with van der Waals surface area (Å²) in [5.74, 6) is -0.122. The summed E-state index contributed by atoms with van der Waals surface area (Å²) in [6.07, 6.45) is 1.76. The van der Waals surface area contributed by atoms with Crippen molar-refractivity contribution in [2.75, 3.05) is 4.90 Å². The number of fused-ring (bicyclic) bond motifs is 2. The van der Waals surface area contributed by atoms with Gasteiger partial charge in [-0.05, 0) is 42.5 Å². The zero-order chi connectivity index (χ0) is 18.2. The number of rotatable bonds is 2. The first-order valence-electron chi connectivity index (χ1n) is 8.74. The molecule has 0 N–H and O–H groups in total. The number of anilines is 2. The lowest BCUT2D eigenvalue weighted by molar-refractivity contribution is -0.111. The summed E-state index contributed by atoms with van der Waals surface area (Å²) in [7, 11) is 0. The molecule has 0 saturated heterocycles. The number of nitrogens with zero attached hydrogens (tertiary/aromatic N) is 3. The molecule has 3 aromatic carbocycles. The fourth-order valence-corrected chi connectivity index (χ4v) is 3.45. The number of pyridine rings is 1. The average Bonchev–Trinajstić information content (AvgIpc) is 3.00. The van der Waals surface area contributed by atoms with Gasteiger partial charge in [-0.3, -0.25) is 14.7 Å². The standard InChI is InChI=1S/C23H15N3O/c27-23-22(25-20-13-6-12-19-17(20)11-7-15-24-19)18-10-4-5-14-21(18)26(23)16-8-2-1-3-9-16/h1-15H/b25-22-. The summed E-state index contributed by atoms with van der Waals surface area (Å²) in [4.78, 5) is 24.2. The van der Waals surface area contributed by atoms with Crippen molar-refractivity contribution < 1.29 is 4.79 Å². The molecule has 1 aliphatic rings. The molecule has 128 valence electrons. The largest absolute Gasteiger partial charge is 0.282 e. The van der Waals surface area contributed by atoms with Crippen molar-refractivity contribution in [1.82, 2.24) is 4.98 Å². The number of carbonyl (C=O) groups excluding carboxylic acids is 1. The van der Waals surface area contributed by atoms with Gasteiger partial charge in [-0.15, -0.1) is 0 Å². The van der Waals surface area contributed by atoms with E-state index in [9.17, 15) is 4.79 Å². The van der Waals surface area contributed by atoms with Crippen molar-refractivity contribution in [3.05, 3.63) is 96.7 Å². The van der Waals surface area contributed by atoms with Crippen molar-refractivity contribution in [3.8, 4) is 0 Å². The van der Waals surface area contributed by atoms with E-state index in [1.807, 2.05) is 84.9 Å². The van der Waals surface area contributed by atoms with Crippen LogP contribution in [0.5, 0.6) is 0 Å². The number of para-hydroxylation sites is 2. The normalized spacial score (nSPS) is 14.7. The lowest BCUT2D eigenvalue weighted by Crippen LogP contribution is -2.25. The highest BCUT2D eigenvalue weighted by Gasteiger charge is 2.34.